The number of pyridine rings is 2. The molecule has 0 spiro atoms. The summed E-state index contributed by atoms with van der Waals surface area (Å²) in [6.07, 6.45) is 6.22. The number of aromatic nitrogens is 5. The molecule has 4 aromatic heterocycles. The van der Waals surface area contributed by atoms with Crippen molar-refractivity contribution in [1.82, 2.24) is 39.8 Å². The second-order valence-corrected chi connectivity index (χ2v) is 30.6. The van der Waals surface area contributed by atoms with Crippen molar-refractivity contribution in [2.45, 2.75) is 160 Å². The molecule has 2 aliphatic carbocycles. The number of imide groups is 1. The minimum absolute atomic E-state index is 0.0218. The predicted molar refractivity (Wildman–Crippen MR) is 386 cm³/mol. The molecule has 33 heteroatoms. The van der Waals surface area contributed by atoms with Crippen molar-refractivity contribution >= 4 is 102 Å². The number of carboxylic acid groups (broad SMARTS) is 2. The molecule has 9 N–H and O–H groups in total. The van der Waals surface area contributed by atoms with Gasteiger partial charge in [0.2, 0.25) is 18.1 Å². The third-order valence-electron chi connectivity index (χ3n) is 20.1. The van der Waals surface area contributed by atoms with E-state index in [0.717, 1.165) is 58.7 Å². The van der Waals surface area contributed by atoms with Crippen molar-refractivity contribution < 1.29 is 95.8 Å². The van der Waals surface area contributed by atoms with E-state index in [1.165, 1.54) is 53.8 Å². The lowest BCUT2D eigenvalue weighted by Gasteiger charge is -2.58. The Morgan fingerprint density at radius 3 is 2.43 bits per heavy atom. The second kappa shape index (κ2) is 33.5. The normalized spacial score (nSPS) is 22.8. The summed E-state index contributed by atoms with van der Waals surface area (Å²) in [4.78, 5) is 121. The second-order valence-electron chi connectivity index (χ2n) is 28.0. The van der Waals surface area contributed by atoms with Crippen molar-refractivity contribution in [3.63, 3.8) is 0 Å². The van der Waals surface area contributed by atoms with E-state index < -0.39 is 94.5 Å². The molecule has 7 heterocycles. The number of benzene rings is 2. The first-order valence-corrected chi connectivity index (χ1v) is 37.7. The molecule has 11 rings (SSSR count). The highest BCUT2D eigenvalue weighted by atomic mass is 32.2. The van der Waals surface area contributed by atoms with E-state index in [0.29, 0.717) is 108 Å². The molecule has 6 amide bonds. The molecule has 1 saturated heterocycles. The highest BCUT2D eigenvalue weighted by Gasteiger charge is 2.56. The summed E-state index contributed by atoms with van der Waals surface area (Å²) in [6, 6.07) is 17.0. The lowest BCUT2D eigenvalue weighted by molar-refractivity contribution is -0.271. The number of thiazole rings is 1. The zero-order valence-electron chi connectivity index (χ0n) is 58.9. The predicted octanol–water partition coefficient (Wildman–Crippen LogP) is 6.93. The van der Waals surface area contributed by atoms with Crippen LogP contribution >= 0.6 is 11.3 Å². The Bertz CT molecular complexity index is 4440. The highest BCUT2D eigenvalue weighted by Crippen LogP contribution is 2.61. The molecule has 2 aromatic carbocycles. The summed E-state index contributed by atoms with van der Waals surface area (Å²) in [6.45, 7) is 6.83. The molecule has 566 valence electrons. The van der Waals surface area contributed by atoms with Crippen LogP contribution in [-0.2, 0) is 67.8 Å². The minimum Gasteiger partial charge on any atom is -0.479 e. The number of carboxylic acids is 2. The van der Waals surface area contributed by atoms with Gasteiger partial charge >= 0.3 is 18.0 Å². The van der Waals surface area contributed by atoms with Crippen LogP contribution in [0.2, 0.25) is 0 Å². The van der Waals surface area contributed by atoms with E-state index in [2.05, 4.69) is 39.8 Å². The van der Waals surface area contributed by atoms with Crippen molar-refractivity contribution in [2.75, 3.05) is 67.2 Å². The number of aliphatic hydroxyl groups excluding tert-OH is 3. The van der Waals surface area contributed by atoms with Crippen molar-refractivity contribution in [2.24, 2.45) is 10.8 Å². The van der Waals surface area contributed by atoms with Crippen LogP contribution in [0.1, 0.15) is 141 Å². The van der Waals surface area contributed by atoms with Crippen molar-refractivity contribution in [3.8, 4) is 16.9 Å². The molecule has 6 aromatic rings. The van der Waals surface area contributed by atoms with Gasteiger partial charge in [0.15, 0.2) is 16.9 Å². The summed E-state index contributed by atoms with van der Waals surface area (Å²) in [5.74, 6) is -5.50. The quantitative estimate of drug-likeness (QED) is 0.0117. The molecule has 2 saturated carbocycles. The Hall–Kier alpha value is -9.61. The first kappa shape index (κ1) is 77.5. The zero-order chi connectivity index (χ0) is 75.7. The van der Waals surface area contributed by atoms with Crippen LogP contribution in [0, 0.1) is 17.8 Å². The maximum absolute atomic E-state index is 13.9. The monoisotopic (exact) mass is 1500 g/mol. The third kappa shape index (κ3) is 18.8. The maximum Gasteiger partial charge on any atom is 0.410 e. The average Bonchev–Trinajstić information content (AvgIpc) is 1.04. The molecule has 5 aliphatic rings. The number of carbonyl (C=O) groups is 8. The fraction of sp³-hybridized carbons (Fsp3) is 0.479. The number of ether oxygens (including phenoxy) is 4. The summed E-state index contributed by atoms with van der Waals surface area (Å²) >= 11 is 1.28. The number of nitrogens with one attached hydrogen (secondary N) is 3. The minimum atomic E-state index is -4.56. The number of rotatable bonds is 32. The van der Waals surface area contributed by atoms with Gasteiger partial charge in [-0.05, 0) is 147 Å². The Morgan fingerprint density at radius 2 is 1.68 bits per heavy atom. The van der Waals surface area contributed by atoms with E-state index in [9.17, 15) is 76.9 Å². The molecule has 3 aliphatic heterocycles. The van der Waals surface area contributed by atoms with Crippen LogP contribution in [0.4, 0.5) is 21.4 Å². The standard InChI is InChI=1S/C73H87N11O20S2/c1-4-25-71(3)40-72(43-84-44(2)49(38-76-84)47-18-20-54(79-59(47)66(93)94)82-31-24-46-13-8-14-48(50(46)39-82)64(92)80-69-78-51-15-9-28-75-65(51)105-69)26-11-27-73(41-71,42-72)102-35-32-81(33-36-106(98,99)100)70(97)101-34-10-12-45-17-19-53(103-68-62(91)60(89)61(90)63(104-68)67(95)96)52(37-45)77-56(86)23-29-74-55(85)16-6-5-7-30-83-57(87)21-22-58(83)88/h8-10,12-15,17-22,28,37-38,60-63,68,89-91H,4-7,11,16,23-27,29-36,39-43H2,1-3H3,(H,74,85)(H,77,86)(H,93,94)(H,95,96)(H,78,80,92)(H,98,99,100)/b12-10+/t60-,61-,62+,63-,68+,71?,72?,73?/m0/s1. The van der Waals surface area contributed by atoms with E-state index in [4.69, 9.17) is 29.0 Å². The molecule has 31 nitrogen and oxygen atoms in total. The lowest BCUT2D eigenvalue weighted by atomic mass is 9.51. The molecular weight excluding hydrogens is 1410 g/mol. The number of aliphatic carboxylic acids is 1. The molecule has 3 fully saturated rings. The van der Waals surface area contributed by atoms with Gasteiger partial charge in [-0.1, -0.05) is 62.3 Å². The topological polar surface area (TPSA) is 431 Å². The van der Waals surface area contributed by atoms with E-state index >= 15 is 0 Å². The van der Waals surface area contributed by atoms with Crippen molar-refractivity contribution in [1.29, 1.82) is 0 Å². The Kier molecular flexibility index (Phi) is 24.5. The number of nitrogens with zero attached hydrogens (tertiary/aromatic N) is 8. The average molecular weight is 1500 g/mol. The van der Waals surface area contributed by atoms with Gasteiger partial charge in [-0.15, -0.1) is 0 Å². The van der Waals surface area contributed by atoms with Crippen LogP contribution < -0.4 is 25.6 Å². The summed E-state index contributed by atoms with van der Waals surface area (Å²) in [5.41, 5.74) is 3.70. The number of aliphatic hydroxyl groups is 3. The van der Waals surface area contributed by atoms with Gasteiger partial charge < -0.3 is 64.9 Å². The molecule has 0 radical (unpaired) electrons. The smallest absolute Gasteiger partial charge is 0.410 e. The number of anilines is 3. The van der Waals surface area contributed by atoms with Crippen LogP contribution in [0.15, 0.2) is 91.3 Å². The molecule has 8 atom stereocenters. The molecule has 106 heavy (non-hydrogen) atoms. The van der Waals surface area contributed by atoms with Gasteiger partial charge in [0, 0.05) is 99.4 Å². The number of carbonyl (C=O) groups excluding carboxylic acids is 6. The fourth-order valence-corrected chi connectivity index (χ4v) is 16.7. The SMILES string of the molecule is CCCC1(C)CC2(Cn3ncc(-c4ccc(N5CCc6cccc(C(=O)Nc7nc8cccnc8s7)c6C5)nc4C(=O)O)c3C)CCCC(OCCN(CCS(=O)(=O)O)C(=O)OC/C=C/c3ccc(O[C@@H]4O[C@H](C(=O)O)[C@@H](O)[C@H](O)[C@H]4O)c(NC(=O)CCNC(=O)CCCCCN4C(=O)C=CC4=O)c3)(C1)C2. The fourth-order valence-electron chi connectivity index (χ4n) is 15.4. The van der Waals surface area contributed by atoms with Gasteiger partial charge in [0.05, 0.1) is 29.8 Å². The Labute approximate surface area is 614 Å². The van der Waals surface area contributed by atoms with Gasteiger partial charge in [-0.25, -0.2) is 29.3 Å². The number of fused-ring (bicyclic) bond motifs is 4. The largest absolute Gasteiger partial charge is 0.479 e. The van der Waals surface area contributed by atoms with Crippen LogP contribution in [-0.4, -0.2) is 209 Å². The zero-order valence-corrected chi connectivity index (χ0v) is 60.5. The first-order valence-electron chi connectivity index (χ1n) is 35.3. The Balaban J connectivity index is 0.725. The first-order chi connectivity index (χ1) is 50.6. The van der Waals surface area contributed by atoms with Gasteiger partial charge in [-0.2, -0.15) is 13.5 Å². The van der Waals surface area contributed by atoms with Crippen LogP contribution in [0.5, 0.6) is 5.75 Å². The van der Waals surface area contributed by atoms with E-state index in [-0.39, 0.29) is 85.5 Å². The molecule has 2 bridgehead atoms. The summed E-state index contributed by atoms with van der Waals surface area (Å²) in [7, 11) is -4.56. The Morgan fingerprint density at radius 1 is 0.877 bits per heavy atom. The number of hydrogen-bond donors (Lipinski definition) is 9. The molecule has 3 unspecified atom stereocenters. The van der Waals surface area contributed by atoms with Crippen LogP contribution in [0.3, 0.4) is 0 Å². The summed E-state index contributed by atoms with van der Waals surface area (Å²) < 4.78 is 59.8. The number of aromatic carboxylic acids is 1. The van der Waals surface area contributed by atoms with Gasteiger partial charge in [0.25, 0.3) is 27.8 Å². The number of hydrogen-bond acceptors (Lipinski definition) is 23. The number of unbranched alkanes of at least 4 members (excludes halogenated alkanes) is 2. The van der Waals surface area contributed by atoms with E-state index in [1.54, 1.807) is 36.7 Å². The van der Waals surface area contributed by atoms with Crippen molar-refractivity contribution in [3.05, 3.63) is 125 Å². The maximum atomic E-state index is 13.9. The number of amides is 6. The van der Waals surface area contributed by atoms with Crippen LogP contribution in [0.25, 0.3) is 27.6 Å². The third-order valence-corrected chi connectivity index (χ3v) is 21.7. The van der Waals surface area contributed by atoms with Gasteiger partial charge in [0.1, 0.15) is 46.8 Å². The molecular formula is C73H87N11O20S2. The lowest BCUT2D eigenvalue weighted by Crippen LogP contribution is -2.61. The summed E-state index contributed by atoms with van der Waals surface area (Å²) in [5, 5.41) is 65.5. The highest BCUT2D eigenvalue weighted by molar-refractivity contribution is 7.85. The van der Waals surface area contributed by atoms with Gasteiger partial charge in [-0.3, -0.25) is 43.4 Å². The van der Waals surface area contributed by atoms with E-state index in [1.807, 2.05) is 34.7 Å².